The monoisotopic (exact) mass is 198 g/mol. The van der Waals surface area contributed by atoms with Crippen molar-refractivity contribution in [2.45, 2.75) is 18.9 Å². The van der Waals surface area contributed by atoms with Gasteiger partial charge in [-0.05, 0) is 12.5 Å². The molecule has 1 aromatic rings. The summed E-state index contributed by atoms with van der Waals surface area (Å²) in [5, 5.41) is 12.1. The van der Waals surface area contributed by atoms with Gasteiger partial charge in [-0.1, -0.05) is 36.3 Å². The highest BCUT2D eigenvalue weighted by Crippen LogP contribution is 2.11. The molecule has 1 aromatic carbocycles. The average molecular weight is 198 g/mol. The first-order valence-electron chi connectivity index (χ1n) is 4.84. The topological polar surface area (TPSA) is 35.8 Å². The summed E-state index contributed by atoms with van der Waals surface area (Å²) in [6.07, 6.45) is 5.82. The third-order valence-electron chi connectivity index (χ3n) is 2.23. The average Bonchev–Trinajstić information content (AvgIpc) is 2.28. The SMILES string of the molecule is C#CCNC(C)(C#N)Cc1ccccc1. The largest absolute Gasteiger partial charge is 0.288 e. The van der Waals surface area contributed by atoms with Crippen LogP contribution in [-0.2, 0) is 6.42 Å². The molecule has 2 nitrogen and oxygen atoms in total. The molecule has 0 saturated carbocycles. The number of hydrogen-bond donors (Lipinski definition) is 1. The fourth-order valence-corrected chi connectivity index (χ4v) is 1.39. The van der Waals surface area contributed by atoms with E-state index >= 15 is 0 Å². The fourth-order valence-electron chi connectivity index (χ4n) is 1.39. The fraction of sp³-hybridized carbons (Fsp3) is 0.308. The molecule has 0 heterocycles. The van der Waals surface area contributed by atoms with E-state index in [-0.39, 0.29) is 0 Å². The summed E-state index contributed by atoms with van der Waals surface area (Å²) in [7, 11) is 0. The molecular formula is C13H14N2. The second-order valence-electron chi connectivity index (χ2n) is 3.66. The summed E-state index contributed by atoms with van der Waals surface area (Å²) in [6.45, 7) is 2.27. The van der Waals surface area contributed by atoms with Crippen LogP contribution in [0, 0.1) is 23.7 Å². The number of nitriles is 1. The molecule has 1 N–H and O–H groups in total. The quantitative estimate of drug-likeness (QED) is 0.748. The molecular weight excluding hydrogens is 184 g/mol. The van der Waals surface area contributed by atoms with E-state index in [2.05, 4.69) is 17.3 Å². The molecule has 2 heteroatoms. The summed E-state index contributed by atoms with van der Waals surface area (Å²) >= 11 is 0. The highest BCUT2D eigenvalue weighted by Gasteiger charge is 2.22. The predicted molar refractivity (Wildman–Crippen MR) is 61.0 cm³/mol. The summed E-state index contributed by atoms with van der Waals surface area (Å²) in [5.74, 6) is 2.48. The summed E-state index contributed by atoms with van der Waals surface area (Å²) in [6, 6.07) is 12.2. The molecule has 1 unspecified atom stereocenters. The van der Waals surface area contributed by atoms with Gasteiger partial charge in [-0.3, -0.25) is 5.32 Å². The van der Waals surface area contributed by atoms with Crippen LogP contribution in [-0.4, -0.2) is 12.1 Å². The molecule has 0 amide bonds. The Hall–Kier alpha value is -1.77. The molecule has 0 saturated heterocycles. The zero-order valence-electron chi connectivity index (χ0n) is 8.83. The van der Waals surface area contributed by atoms with Gasteiger partial charge in [0.1, 0.15) is 5.54 Å². The van der Waals surface area contributed by atoms with Crippen LogP contribution in [0.2, 0.25) is 0 Å². The lowest BCUT2D eigenvalue weighted by Crippen LogP contribution is -2.43. The predicted octanol–water partition coefficient (Wildman–Crippen LogP) is 1.73. The Kier molecular flexibility index (Phi) is 3.92. The van der Waals surface area contributed by atoms with Crippen LogP contribution in [0.4, 0.5) is 0 Å². The van der Waals surface area contributed by atoms with Crippen molar-refractivity contribution < 1.29 is 0 Å². The highest BCUT2D eigenvalue weighted by molar-refractivity contribution is 5.21. The molecule has 15 heavy (non-hydrogen) atoms. The Balaban J connectivity index is 2.70. The van der Waals surface area contributed by atoms with Crippen LogP contribution < -0.4 is 5.32 Å². The first-order chi connectivity index (χ1) is 7.20. The third-order valence-corrected chi connectivity index (χ3v) is 2.23. The molecule has 0 aliphatic heterocycles. The van der Waals surface area contributed by atoms with Crippen molar-refractivity contribution in [1.29, 1.82) is 5.26 Å². The minimum absolute atomic E-state index is 0.414. The Morgan fingerprint density at radius 2 is 2.07 bits per heavy atom. The Bertz CT molecular complexity index is 383. The van der Waals surface area contributed by atoms with E-state index in [1.54, 1.807) is 0 Å². The van der Waals surface area contributed by atoms with Crippen LogP contribution in [0.5, 0.6) is 0 Å². The van der Waals surface area contributed by atoms with Crippen LogP contribution in [0.1, 0.15) is 12.5 Å². The normalized spacial score (nSPS) is 13.5. The van der Waals surface area contributed by atoms with Gasteiger partial charge in [0.05, 0.1) is 12.6 Å². The van der Waals surface area contributed by atoms with Crippen molar-refractivity contribution in [3.63, 3.8) is 0 Å². The Labute approximate surface area is 90.9 Å². The van der Waals surface area contributed by atoms with Crippen molar-refractivity contribution in [2.24, 2.45) is 0 Å². The molecule has 0 radical (unpaired) electrons. The smallest absolute Gasteiger partial charge is 0.108 e. The number of nitrogens with one attached hydrogen (secondary N) is 1. The lowest BCUT2D eigenvalue weighted by atomic mass is 9.94. The van der Waals surface area contributed by atoms with Gasteiger partial charge in [-0.15, -0.1) is 6.42 Å². The number of nitrogens with zero attached hydrogens (tertiary/aromatic N) is 1. The summed E-state index contributed by atoms with van der Waals surface area (Å²) in [4.78, 5) is 0. The second-order valence-corrected chi connectivity index (χ2v) is 3.66. The van der Waals surface area contributed by atoms with Crippen LogP contribution in [0.3, 0.4) is 0 Å². The van der Waals surface area contributed by atoms with Gasteiger partial charge in [0.25, 0.3) is 0 Å². The molecule has 0 fully saturated rings. The Morgan fingerprint density at radius 3 is 2.60 bits per heavy atom. The van der Waals surface area contributed by atoms with Crippen molar-refractivity contribution in [3.8, 4) is 18.4 Å². The van der Waals surface area contributed by atoms with E-state index < -0.39 is 5.54 Å². The molecule has 0 aliphatic carbocycles. The maximum atomic E-state index is 9.09. The van der Waals surface area contributed by atoms with Gasteiger partial charge in [-0.25, -0.2) is 0 Å². The van der Waals surface area contributed by atoms with Crippen LogP contribution in [0.15, 0.2) is 30.3 Å². The highest BCUT2D eigenvalue weighted by atomic mass is 14.9. The van der Waals surface area contributed by atoms with E-state index in [0.29, 0.717) is 13.0 Å². The number of rotatable bonds is 4. The minimum Gasteiger partial charge on any atom is -0.288 e. The standard InChI is InChI=1S/C13H14N2/c1-3-9-15-13(2,11-14)10-12-7-5-4-6-8-12/h1,4-8,15H,9-10H2,2H3. The molecule has 76 valence electrons. The first-order valence-corrected chi connectivity index (χ1v) is 4.84. The van der Waals surface area contributed by atoms with Gasteiger partial charge in [0.2, 0.25) is 0 Å². The summed E-state index contributed by atoms with van der Waals surface area (Å²) in [5.41, 5.74) is 0.541. The van der Waals surface area contributed by atoms with Crippen molar-refractivity contribution in [3.05, 3.63) is 35.9 Å². The minimum atomic E-state index is -0.590. The molecule has 1 atom stereocenters. The van der Waals surface area contributed by atoms with E-state index in [4.69, 9.17) is 11.7 Å². The van der Waals surface area contributed by atoms with Gasteiger partial charge >= 0.3 is 0 Å². The molecule has 0 aromatic heterocycles. The van der Waals surface area contributed by atoms with Crippen molar-refractivity contribution in [2.75, 3.05) is 6.54 Å². The van der Waals surface area contributed by atoms with Gasteiger partial charge in [0, 0.05) is 6.42 Å². The van der Waals surface area contributed by atoms with E-state index in [9.17, 15) is 0 Å². The molecule has 0 spiro atoms. The van der Waals surface area contributed by atoms with Crippen molar-refractivity contribution >= 4 is 0 Å². The summed E-state index contributed by atoms with van der Waals surface area (Å²) < 4.78 is 0. The van der Waals surface area contributed by atoms with Crippen LogP contribution >= 0.6 is 0 Å². The van der Waals surface area contributed by atoms with Gasteiger partial charge < -0.3 is 0 Å². The maximum Gasteiger partial charge on any atom is 0.108 e. The molecule has 0 aliphatic rings. The van der Waals surface area contributed by atoms with Crippen LogP contribution in [0.25, 0.3) is 0 Å². The van der Waals surface area contributed by atoms with Gasteiger partial charge in [0.15, 0.2) is 0 Å². The van der Waals surface area contributed by atoms with E-state index in [1.165, 1.54) is 0 Å². The molecule has 0 bridgehead atoms. The second kappa shape index (κ2) is 5.20. The lowest BCUT2D eigenvalue weighted by Gasteiger charge is -2.22. The van der Waals surface area contributed by atoms with Crippen molar-refractivity contribution in [1.82, 2.24) is 5.32 Å². The zero-order valence-corrected chi connectivity index (χ0v) is 8.83. The maximum absolute atomic E-state index is 9.09. The zero-order chi connectivity index (χ0) is 11.1. The number of benzene rings is 1. The lowest BCUT2D eigenvalue weighted by molar-refractivity contribution is 0.472. The number of hydrogen-bond acceptors (Lipinski definition) is 2. The third kappa shape index (κ3) is 3.46. The number of terminal acetylenes is 1. The first kappa shape index (κ1) is 11.3. The van der Waals surface area contributed by atoms with E-state index in [0.717, 1.165) is 5.56 Å². The molecule has 1 rings (SSSR count). The Morgan fingerprint density at radius 1 is 1.40 bits per heavy atom. The van der Waals surface area contributed by atoms with Gasteiger partial charge in [-0.2, -0.15) is 5.26 Å². The van der Waals surface area contributed by atoms with E-state index in [1.807, 2.05) is 37.3 Å².